The molecule has 1 aromatic rings. The third-order valence-corrected chi connectivity index (χ3v) is 3.04. The molecule has 19 heavy (non-hydrogen) atoms. The molecule has 0 spiro atoms. The molecule has 0 aliphatic heterocycles. The van der Waals surface area contributed by atoms with Crippen molar-refractivity contribution < 1.29 is 9.53 Å². The molecule has 0 fully saturated rings. The van der Waals surface area contributed by atoms with Crippen LogP contribution in [0.1, 0.15) is 23.1 Å². The first-order valence-corrected chi connectivity index (χ1v) is 6.47. The summed E-state index contributed by atoms with van der Waals surface area (Å²) < 4.78 is 5.69. The van der Waals surface area contributed by atoms with Crippen molar-refractivity contribution in [1.29, 1.82) is 0 Å². The zero-order valence-electron chi connectivity index (χ0n) is 11.8. The van der Waals surface area contributed by atoms with E-state index in [0.29, 0.717) is 18.0 Å². The van der Waals surface area contributed by atoms with Gasteiger partial charge in [0.25, 0.3) is 0 Å². The van der Waals surface area contributed by atoms with Crippen molar-refractivity contribution in [1.82, 2.24) is 4.90 Å². The lowest BCUT2D eigenvalue weighted by Gasteiger charge is -2.15. The average molecular weight is 280 g/mol. The van der Waals surface area contributed by atoms with Crippen LogP contribution in [-0.2, 0) is 4.79 Å². The van der Waals surface area contributed by atoms with Crippen LogP contribution in [-0.4, -0.2) is 36.5 Å². The number of thiocarbonyl (C=S) groups is 1. The second-order valence-electron chi connectivity index (χ2n) is 4.69. The molecule has 0 aromatic heterocycles. The number of nitrogens with zero attached hydrogens (tertiary/aromatic N) is 1. The van der Waals surface area contributed by atoms with Crippen LogP contribution in [0.15, 0.2) is 12.1 Å². The molecule has 1 rings (SSSR count). The van der Waals surface area contributed by atoms with Crippen molar-refractivity contribution in [2.75, 3.05) is 20.7 Å². The Morgan fingerprint density at radius 3 is 2.26 bits per heavy atom. The maximum absolute atomic E-state index is 11.5. The van der Waals surface area contributed by atoms with E-state index < -0.39 is 0 Å². The summed E-state index contributed by atoms with van der Waals surface area (Å²) in [4.78, 5) is 13.4. The number of hydrogen-bond acceptors (Lipinski definition) is 3. The van der Waals surface area contributed by atoms with E-state index in [1.165, 1.54) is 0 Å². The van der Waals surface area contributed by atoms with E-state index in [4.69, 9.17) is 22.7 Å². The van der Waals surface area contributed by atoms with Crippen LogP contribution < -0.4 is 10.5 Å². The Kier molecular flexibility index (Phi) is 5.30. The van der Waals surface area contributed by atoms with Crippen molar-refractivity contribution in [3.05, 3.63) is 28.8 Å². The van der Waals surface area contributed by atoms with Gasteiger partial charge in [-0.3, -0.25) is 4.79 Å². The summed E-state index contributed by atoms with van der Waals surface area (Å²) >= 11 is 4.96. The van der Waals surface area contributed by atoms with Gasteiger partial charge in [0.05, 0.1) is 13.0 Å². The molecular weight excluding hydrogens is 260 g/mol. The minimum atomic E-state index is 0.0510. The molecule has 2 N–H and O–H groups in total. The normalized spacial score (nSPS) is 10.1. The number of rotatable bonds is 5. The Morgan fingerprint density at radius 1 is 1.32 bits per heavy atom. The number of nitrogens with two attached hydrogens (primary N) is 1. The van der Waals surface area contributed by atoms with Crippen molar-refractivity contribution >= 4 is 23.1 Å². The third kappa shape index (κ3) is 4.21. The van der Waals surface area contributed by atoms with Crippen molar-refractivity contribution in [2.45, 2.75) is 20.3 Å². The average Bonchev–Trinajstić information content (AvgIpc) is 2.31. The van der Waals surface area contributed by atoms with Crippen LogP contribution in [0, 0.1) is 13.8 Å². The van der Waals surface area contributed by atoms with Crippen LogP contribution in [0.2, 0.25) is 0 Å². The molecule has 1 aromatic carbocycles. The van der Waals surface area contributed by atoms with Gasteiger partial charge in [-0.25, -0.2) is 0 Å². The molecule has 4 nitrogen and oxygen atoms in total. The van der Waals surface area contributed by atoms with E-state index >= 15 is 0 Å². The van der Waals surface area contributed by atoms with E-state index in [1.807, 2.05) is 26.0 Å². The van der Waals surface area contributed by atoms with E-state index in [0.717, 1.165) is 22.4 Å². The fraction of sp³-hybridized carbons (Fsp3) is 0.429. The summed E-state index contributed by atoms with van der Waals surface area (Å²) in [6, 6.07) is 3.80. The zero-order valence-corrected chi connectivity index (χ0v) is 12.6. The lowest BCUT2D eigenvalue weighted by molar-refractivity contribution is -0.129. The van der Waals surface area contributed by atoms with Gasteiger partial charge >= 0.3 is 0 Å². The summed E-state index contributed by atoms with van der Waals surface area (Å²) in [5.41, 5.74) is 8.39. The van der Waals surface area contributed by atoms with Crippen molar-refractivity contribution in [3.63, 3.8) is 0 Å². The smallest absolute Gasteiger partial charge is 0.225 e. The minimum absolute atomic E-state index is 0.0510. The molecule has 0 atom stereocenters. The molecule has 0 saturated carbocycles. The molecule has 0 saturated heterocycles. The minimum Gasteiger partial charge on any atom is -0.493 e. The second kappa shape index (κ2) is 6.52. The largest absolute Gasteiger partial charge is 0.493 e. The van der Waals surface area contributed by atoms with E-state index in [1.54, 1.807) is 19.0 Å². The highest BCUT2D eigenvalue weighted by Gasteiger charge is 2.09. The predicted molar refractivity (Wildman–Crippen MR) is 80.6 cm³/mol. The summed E-state index contributed by atoms with van der Waals surface area (Å²) in [7, 11) is 3.46. The van der Waals surface area contributed by atoms with Gasteiger partial charge in [-0.15, -0.1) is 0 Å². The van der Waals surface area contributed by atoms with Gasteiger partial charge in [0.15, 0.2) is 0 Å². The first-order chi connectivity index (χ1) is 8.82. The van der Waals surface area contributed by atoms with Gasteiger partial charge in [0, 0.05) is 19.7 Å². The topological polar surface area (TPSA) is 55.6 Å². The number of carbonyl (C=O) groups excluding carboxylic acids is 1. The Morgan fingerprint density at radius 2 is 1.84 bits per heavy atom. The van der Waals surface area contributed by atoms with Crippen molar-refractivity contribution in [3.8, 4) is 5.75 Å². The molecule has 0 radical (unpaired) electrons. The standard InChI is InChI=1S/C14H20N2O2S/c1-9-7-11(14(15)19)8-10(2)13(9)18-6-5-12(17)16(3)4/h7-8H,5-6H2,1-4H3,(H2,15,19). The first kappa shape index (κ1) is 15.4. The molecule has 0 aliphatic rings. The van der Waals surface area contributed by atoms with Crippen LogP contribution in [0.5, 0.6) is 5.75 Å². The molecule has 0 unspecified atom stereocenters. The summed E-state index contributed by atoms with van der Waals surface area (Å²) in [5.74, 6) is 0.849. The van der Waals surface area contributed by atoms with Gasteiger partial charge in [-0.1, -0.05) is 12.2 Å². The number of carbonyl (C=O) groups is 1. The second-order valence-corrected chi connectivity index (χ2v) is 5.13. The number of amides is 1. The number of hydrogen-bond donors (Lipinski definition) is 1. The monoisotopic (exact) mass is 280 g/mol. The van der Waals surface area contributed by atoms with Crippen LogP contribution in [0.3, 0.4) is 0 Å². The Hall–Kier alpha value is -1.62. The lowest BCUT2D eigenvalue weighted by Crippen LogP contribution is -2.23. The quantitative estimate of drug-likeness (QED) is 0.836. The van der Waals surface area contributed by atoms with Crippen molar-refractivity contribution in [2.24, 2.45) is 5.73 Å². The Balaban J connectivity index is 2.74. The van der Waals surface area contributed by atoms with Gasteiger partial charge in [-0.05, 0) is 37.1 Å². The van der Waals surface area contributed by atoms with Crippen LogP contribution in [0.25, 0.3) is 0 Å². The molecule has 0 aliphatic carbocycles. The SMILES string of the molecule is Cc1cc(C(N)=S)cc(C)c1OCCC(=O)N(C)C. The number of aryl methyl sites for hydroxylation is 2. The lowest BCUT2D eigenvalue weighted by atomic mass is 10.1. The Labute approximate surface area is 119 Å². The molecule has 0 heterocycles. The fourth-order valence-corrected chi connectivity index (χ4v) is 1.90. The molecule has 104 valence electrons. The van der Waals surface area contributed by atoms with Gasteiger partial charge < -0.3 is 15.4 Å². The van der Waals surface area contributed by atoms with Crippen LogP contribution >= 0.6 is 12.2 Å². The highest BCUT2D eigenvalue weighted by atomic mass is 32.1. The maximum atomic E-state index is 11.5. The first-order valence-electron chi connectivity index (χ1n) is 6.07. The summed E-state index contributed by atoms with van der Waals surface area (Å²) in [6.07, 6.45) is 0.364. The third-order valence-electron chi connectivity index (χ3n) is 2.81. The van der Waals surface area contributed by atoms with Gasteiger partial charge in [0.1, 0.15) is 10.7 Å². The maximum Gasteiger partial charge on any atom is 0.225 e. The van der Waals surface area contributed by atoms with Gasteiger partial charge in [0.2, 0.25) is 5.91 Å². The van der Waals surface area contributed by atoms with E-state index in [-0.39, 0.29) is 5.91 Å². The molecular formula is C14H20N2O2S. The van der Waals surface area contributed by atoms with Gasteiger partial charge in [-0.2, -0.15) is 0 Å². The van der Waals surface area contributed by atoms with E-state index in [9.17, 15) is 4.79 Å². The summed E-state index contributed by atoms with van der Waals surface area (Å²) in [6.45, 7) is 4.25. The highest BCUT2D eigenvalue weighted by Crippen LogP contribution is 2.25. The zero-order chi connectivity index (χ0) is 14.6. The van der Waals surface area contributed by atoms with Crippen LogP contribution in [0.4, 0.5) is 0 Å². The fourth-order valence-electron chi connectivity index (χ4n) is 1.78. The molecule has 0 bridgehead atoms. The number of benzene rings is 1. The summed E-state index contributed by atoms with van der Waals surface area (Å²) in [5, 5.41) is 0. The highest BCUT2D eigenvalue weighted by molar-refractivity contribution is 7.80. The van der Waals surface area contributed by atoms with E-state index in [2.05, 4.69) is 0 Å². The Bertz CT molecular complexity index is 475. The predicted octanol–water partition coefficient (Wildman–Crippen LogP) is 1.79. The molecule has 5 heteroatoms. The molecule has 1 amide bonds. The number of ether oxygens (including phenoxy) is 1.